The van der Waals surface area contributed by atoms with Crippen molar-refractivity contribution in [2.24, 2.45) is 0 Å². The molecule has 1 saturated heterocycles. The van der Waals surface area contributed by atoms with Gasteiger partial charge in [0.2, 0.25) is 0 Å². The van der Waals surface area contributed by atoms with Gasteiger partial charge < -0.3 is 4.90 Å². The van der Waals surface area contributed by atoms with Gasteiger partial charge in [-0.05, 0) is 13.0 Å². The van der Waals surface area contributed by atoms with E-state index in [-0.39, 0.29) is 17.3 Å². The van der Waals surface area contributed by atoms with E-state index in [0.29, 0.717) is 6.54 Å². The second kappa shape index (κ2) is 5.56. The van der Waals surface area contributed by atoms with Gasteiger partial charge in [0.1, 0.15) is 5.82 Å². The molecule has 0 bridgehead atoms. The Balaban J connectivity index is 2.32. The van der Waals surface area contributed by atoms with Crippen molar-refractivity contribution in [3.8, 4) is 0 Å². The largest absolute Gasteiger partial charge is 0.334 e. The molecule has 0 aromatic heterocycles. The fourth-order valence-electron chi connectivity index (χ4n) is 1.97. The topological polar surface area (TPSA) is 63.5 Å². The van der Waals surface area contributed by atoms with Crippen LogP contribution in [0.25, 0.3) is 0 Å². The van der Waals surface area contributed by atoms with Crippen molar-refractivity contribution in [1.82, 2.24) is 4.90 Å². The lowest BCUT2D eigenvalue weighted by Gasteiger charge is -2.33. The molecule has 0 radical (unpaired) electrons. The molecule has 1 atom stereocenters. The number of nitrogens with zero attached hydrogens (tertiary/aromatic N) is 2. The fraction of sp³-hybridized carbons (Fsp3) is 0.417. The van der Waals surface area contributed by atoms with Crippen LogP contribution in [0.15, 0.2) is 18.2 Å². The van der Waals surface area contributed by atoms with Crippen LogP contribution in [-0.4, -0.2) is 39.8 Å². The highest BCUT2D eigenvalue weighted by molar-refractivity contribution is 7.99. The first-order chi connectivity index (χ1) is 9.00. The lowest BCUT2D eigenvalue weighted by Crippen LogP contribution is -2.44. The molecule has 1 unspecified atom stereocenters. The third kappa shape index (κ3) is 2.86. The van der Waals surface area contributed by atoms with E-state index >= 15 is 0 Å². The molecule has 1 aromatic carbocycles. The predicted molar refractivity (Wildman–Crippen MR) is 70.9 cm³/mol. The maximum Gasteiger partial charge on any atom is 0.270 e. The maximum atomic E-state index is 13.7. The number of thioether (sulfide) groups is 1. The number of non-ortho nitro benzene ring substituents is 1. The van der Waals surface area contributed by atoms with E-state index in [1.54, 1.807) is 16.7 Å². The lowest BCUT2D eigenvalue weighted by atomic mass is 10.1. The molecule has 2 rings (SSSR count). The van der Waals surface area contributed by atoms with Crippen molar-refractivity contribution >= 4 is 23.4 Å². The highest BCUT2D eigenvalue weighted by Crippen LogP contribution is 2.22. The monoisotopic (exact) mass is 284 g/mol. The zero-order valence-electron chi connectivity index (χ0n) is 10.3. The summed E-state index contributed by atoms with van der Waals surface area (Å²) < 4.78 is 13.7. The maximum absolute atomic E-state index is 13.7. The van der Waals surface area contributed by atoms with Gasteiger partial charge in [-0.25, -0.2) is 4.39 Å². The van der Waals surface area contributed by atoms with Crippen LogP contribution in [0.5, 0.6) is 0 Å². The minimum atomic E-state index is -0.721. The Bertz CT molecular complexity index is 524. The summed E-state index contributed by atoms with van der Waals surface area (Å²) in [6.45, 7) is 2.42. The van der Waals surface area contributed by atoms with Crippen molar-refractivity contribution in [2.75, 3.05) is 18.1 Å². The van der Waals surface area contributed by atoms with Gasteiger partial charge in [0, 0.05) is 36.2 Å². The predicted octanol–water partition coefficient (Wildman–Crippen LogP) is 2.31. The molecule has 1 heterocycles. The number of hydrogen-bond acceptors (Lipinski definition) is 4. The number of halogens is 1. The SMILES string of the molecule is CC1CSCCN1C(=O)c1cc([N+](=O)[O-])ccc1F. The first-order valence-electron chi connectivity index (χ1n) is 5.83. The van der Waals surface area contributed by atoms with Crippen LogP contribution < -0.4 is 0 Å². The van der Waals surface area contributed by atoms with Gasteiger partial charge >= 0.3 is 0 Å². The summed E-state index contributed by atoms with van der Waals surface area (Å²) in [6.07, 6.45) is 0. The van der Waals surface area contributed by atoms with Crippen LogP contribution in [0.2, 0.25) is 0 Å². The first kappa shape index (κ1) is 13.8. The van der Waals surface area contributed by atoms with E-state index < -0.39 is 16.6 Å². The van der Waals surface area contributed by atoms with E-state index in [2.05, 4.69) is 0 Å². The van der Waals surface area contributed by atoms with Crippen LogP contribution in [0.4, 0.5) is 10.1 Å². The molecule has 102 valence electrons. The number of hydrogen-bond donors (Lipinski definition) is 0. The summed E-state index contributed by atoms with van der Waals surface area (Å²) in [5.41, 5.74) is -0.503. The molecule has 1 amide bonds. The molecule has 1 aliphatic rings. The average molecular weight is 284 g/mol. The molecule has 0 saturated carbocycles. The Hall–Kier alpha value is -1.63. The summed E-state index contributed by atoms with van der Waals surface area (Å²) in [7, 11) is 0. The molecule has 19 heavy (non-hydrogen) atoms. The van der Waals surface area contributed by atoms with E-state index in [4.69, 9.17) is 0 Å². The smallest absolute Gasteiger partial charge is 0.270 e. The van der Waals surface area contributed by atoms with Gasteiger partial charge in [-0.1, -0.05) is 0 Å². The summed E-state index contributed by atoms with van der Waals surface area (Å²) in [5, 5.41) is 10.7. The Morgan fingerprint density at radius 2 is 2.32 bits per heavy atom. The van der Waals surface area contributed by atoms with Gasteiger partial charge in [0.15, 0.2) is 0 Å². The molecule has 7 heteroatoms. The first-order valence-corrected chi connectivity index (χ1v) is 6.99. The van der Waals surface area contributed by atoms with E-state index in [1.807, 2.05) is 6.92 Å². The molecule has 1 fully saturated rings. The molecule has 1 aliphatic heterocycles. The zero-order chi connectivity index (χ0) is 14.0. The quantitative estimate of drug-likeness (QED) is 0.617. The van der Waals surface area contributed by atoms with Crippen LogP contribution in [0.1, 0.15) is 17.3 Å². The second-order valence-electron chi connectivity index (χ2n) is 4.34. The van der Waals surface area contributed by atoms with Gasteiger partial charge in [0.05, 0.1) is 10.5 Å². The van der Waals surface area contributed by atoms with Crippen LogP contribution in [0, 0.1) is 15.9 Å². The fourth-order valence-corrected chi connectivity index (χ4v) is 2.99. The van der Waals surface area contributed by atoms with E-state index in [9.17, 15) is 19.3 Å². The number of carbonyl (C=O) groups is 1. The summed E-state index contributed by atoms with van der Waals surface area (Å²) >= 11 is 1.74. The number of benzene rings is 1. The standard InChI is InChI=1S/C12H13FN2O3S/c1-8-7-19-5-4-14(8)12(16)10-6-9(15(17)18)2-3-11(10)13/h2-3,6,8H,4-5,7H2,1H3. The van der Waals surface area contributed by atoms with Crippen molar-refractivity contribution in [3.05, 3.63) is 39.7 Å². The van der Waals surface area contributed by atoms with Gasteiger partial charge in [-0.15, -0.1) is 0 Å². The van der Waals surface area contributed by atoms with Crippen LogP contribution >= 0.6 is 11.8 Å². The highest BCUT2D eigenvalue weighted by Gasteiger charge is 2.27. The second-order valence-corrected chi connectivity index (χ2v) is 5.49. The Labute approximate surface area is 113 Å². The zero-order valence-corrected chi connectivity index (χ0v) is 11.2. The van der Waals surface area contributed by atoms with Crippen molar-refractivity contribution in [1.29, 1.82) is 0 Å². The number of carbonyl (C=O) groups excluding carboxylic acids is 1. The van der Waals surface area contributed by atoms with Crippen molar-refractivity contribution in [2.45, 2.75) is 13.0 Å². The van der Waals surface area contributed by atoms with Gasteiger partial charge in [0.25, 0.3) is 11.6 Å². The normalized spacial score (nSPS) is 19.3. The van der Waals surface area contributed by atoms with Crippen molar-refractivity contribution in [3.63, 3.8) is 0 Å². The number of amides is 1. The molecular weight excluding hydrogens is 271 g/mol. The van der Waals surface area contributed by atoms with Crippen LogP contribution in [-0.2, 0) is 0 Å². The van der Waals surface area contributed by atoms with Crippen LogP contribution in [0.3, 0.4) is 0 Å². The molecule has 0 N–H and O–H groups in total. The summed E-state index contributed by atoms with van der Waals surface area (Å²) in [5.74, 6) is 0.393. The summed E-state index contributed by atoms with van der Waals surface area (Å²) in [4.78, 5) is 23.9. The number of nitro groups is 1. The minimum Gasteiger partial charge on any atom is -0.334 e. The Morgan fingerprint density at radius 3 is 2.95 bits per heavy atom. The number of nitro benzene ring substituents is 1. The third-order valence-electron chi connectivity index (χ3n) is 3.02. The van der Waals surface area contributed by atoms with E-state index in [1.165, 1.54) is 0 Å². The average Bonchev–Trinajstić information content (AvgIpc) is 2.38. The Morgan fingerprint density at radius 1 is 1.58 bits per heavy atom. The molecule has 0 spiro atoms. The summed E-state index contributed by atoms with van der Waals surface area (Å²) in [6, 6.07) is 3.03. The lowest BCUT2D eigenvalue weighted by molar-refractivity contribution is -0.384. The molecule has 1 aromatic rings. The van der Waals surface area contributed by atoms with Gasteiger partial charge in [-0.3, -0.25) is 14.9 Å². The Kier molecular flexibility index (Phi) is 4.04. The van der Waals surface area contributed by atoms with E-state index in [0.717, 1.165) is 29.7 Å². The van der Waals surface area contributed by atoms with Crippen molar-refractivity contribution < 1.29 is 14.1 Å². The van der Waals surface area contributed by atoms with Gasteiger partial charge in [-0.2, -0.15) is 11.8 Å². The minimum absolute atomic E-state index is 0.00455. The molecular formula is C12H13FN2O3S. The third-order valence-corrected chi connectivity index (χ3v) is 4.21. The molecule has 0 aliphatic carbocycles. The highest BCUT2D eigenvalue weighted by atomic mass is 32.2. The number of rotatable bonds is 2. The molecule has 5 nitrogen and oxygen atoms in total.